The Bertz CT molecular complexity index is 770. The number of aryl methyl sites for hydroxylation is 1. The van der Waals surface area contributed by atoms with Crippen molar-refractivity contribution in [2.45, 2.75) is 19.9 Å². The summed E-state index contributed by atoms with van der Waals surface area (Å²) in [5, 5.41) is 3.16. The van der Waals surface area contributed by atoms with Gasteiger partial charge in [0, 0.05) is 45.5 Å². The SMILES string of the molecule is CC(=O)N1CCN(C(=O)N[C@@H](c2ccncc2)c2ccccc2C)CC1. The Kier molecular flexibility index (Phi) is 5.51. The van der Waals surface area contributed by atoms with E-state index in [-0.39, 0.29) is 18.0 Å². The fourth-order valence-electron chi connectivity index (χ4n) is 3.25. The average Bonchev–Trinajstić information content (AvgIpc) is 2.67. The summed E-state index contributed by atoms with van der Waals surface area (Å²) in [7, 11) is 0. The van der Waals surface area contributed by atoms with Crippen LogP contribution >= 0.6 is 0 Å². The minimum atomic E-state index is -0.238. The summed E-state index contributed by atoms with van der Waals surface area (Å²) in [5.74, 6) is 0.0552. The van der Waals surface area contributed by atoms with Crippen LogP contribution in [0.4, 0.5) is 4.79 Å². The van der Waals surface area contributed by atoms with Crippen LogP contribution in [0.15, 0.2) is 48.8 Å². The minimum Gasteiger partial charge on any atom is -0.339 e. The van der Waals surface area contributed by atoms with Gasteiger partial charge in [-0.25, -0.2) is 4.79 Å². The molecule has 0 bridgehead atoms. The predicted octanol–water partition coefficient (Wildman–Crippen LogP) is 2.35. The van der Waals surface area contributed by atoms with E-state index in [1.807, 2.05) is 43.3 Å². The standard InChI is InChI=1S/C20H24N4O2/c1-15-5-3-4-6-18(15)19(17-7-9-21-10-8-17)22-20(26)24-13-11-23(12-14-24)16(2)25/h3-10,19H,11-14H2,1-2H3,(H,22,26)/t19-/m0/s1. The van der Waals surface area contributed by atoms with Gasteiger partial charge in [-0.05, 0) is 35.7 Å². The third-order valence-corrected chi connectivity index (χ3v) is 4.82. The predicted molar refractivity (Wildman–Crippen MR) is 99.6 cm³/mol. The van der Waals surface area contributed by atoms with Crippen LogP contribution in [-0.4, -0.2) is 52.9 Å². The number of amides is 3. The molecule has 1 fully saturated rings. The molecular weight excluding hydrogens is 328 g/mol. The van der Waals surface area contributed by atoms with Crippen LogP contribution in [0, 0.1) is 6.92 Å². The molecule has 1 aliphatic heterocycles. The fraction of sp³-hybridized carbons (Fsp3) is 0.350. The maximum absolute atomic E-state index is 12.8. The highest BCUT2D eigenvalue weighted by molar-refractivity contribution is 5.77. The van der Waals surface area contributed by atoms with Crippen molar-refractivity contribution < 1.29 is 9.59 Å². The van der Waals surface area contributed by atoms with Gasteiger partial charge in [0.2, 0.25) is 5.91 Å². The van der Waals surface area contributed by atoms with Gasteiger partial charge in [-0.15, -0.1) is 0 Å². The number of urea groups is 1. The van der Waals surface area contributed by atoms with Crippen molar-refractivity contribution in [2.24, 2.45) is 0 Å². The number of nitrogens with zero attached hydrogens (tertiary/aromatic N) is 3. The number of pyridine rings is 1. The summed E-state index contributed by atoms with van der Waals surface area (Å²) < 4.78 is 0. The molecule has 0 radical (unpaired) electrons. The van der Waals surface area contributed by atoms with Gasteiger partial charge in [-0.2, -0.15) is 0 Å². The van der Waals surface area contributed by atoms with E-state index in [0.29, 0.717) is 26.2 Å². The molecule has 6 nitrogen and oxygen atoms in total. The number of benzene rings is 1. The molecule has 6 heteroatoms. The number of hydrogen-bond acceptors (Lipinski definition) is 3. The molecule has 0 aliphatic carbocycles. The van der Waals surface area contributed by atoms with Gasteiger partial charge in [0.25, 0.3) is 0 Å². The zero-order chi connectivity index (χ0) is 18.5. The first-order chi connectivity index (χ1) is 12.6. The van der Waals surface area contributed by atoms with E-state index in [1.165, 1.54) is 0 Å². The molecule has 2 aromatic rings. The molecule has 0 saturated carbocycles. The van der Waals surface area contributed by atoms with Crippen LogP contribution in [0.2, 0.25) is 0 Å². The maximum Gasteiger partial charge on any atom is 0.318 e. The van der Waals surface area contributed by atoms with Gasteiger partial charge < -0.3 is 15.1 Å². The van der Waals surface area contributed by atoms with Crippen molar-refractivity contribution in [2.75, 3.05) is 26.2 Å². The second-order valence-electron chi connectivity index (χ2n) is 6.51. The zero-order valence-electron chi connectivity index (χ0n) is 15.2. The number of hydrogen-bond donors (Lipinski definition) is 1. The molecule has 0 unspecified atom stereocenters. The first-order valence-electron chi connectivity index (χ1n) is 8.82. The molecule has 136 valence electrons. The number of aromatic nitrogens is 1. The van der Waals surface area contributed by atoms with Crippen molar-refractivity contribution in [3.8, 4) is 0 Å². The smallest absolute Gasteiger partial charge is 0.318 e. The zero-order valence-corrected chi connectivity index (χ0v) is 15.2. The van der Waals surface area contributed by atoms with Crippen LogP contribution < -0.4 is 5.32 Å². The number of rotatable bonds is 3. The Morgan fingerprint density at radius 2 is 1.62 bits per heavy atom. The van der Waals surface area contributed by atoms with Crippen LogP contribution in [0.3, 0.4) is 0 Å². The third-order valence-electron chi connectivity index (χ3n) is 4.82. The average molecular weight is 352 g/mol. The number of carbonyl (C=O) groups excluding carboxylic acids is 2. The van der Waals surface area contributed by atoms with E-state index in [9.17, 15) is 9.59 Å². The molecule has 0 spiro atoms. The van der Waals surface area contributed by atoms with Gasteiger partial charge >= 0.3 is 6.03 Å². The lowest BCUT2D eigenvalue weighted by molar-refractivity contribution is -0.130. The van der Waals surface area contributed by atoms with E-state index in [4.69, 9.17) is 0 Å². The number of carbonyl (C=O) groups is 2. The van der Waals surface area contributed by atoms with Crippen LogP contribution in [0.1, 0.15) is 29.7 Å². The van der Waals surface area contributed by atoms with E-state index in [0.717, 1.165) is 16.7 Å². The summed E-state index contributed by atoms with van der Waals surface area (Å²) in [5.41, 5.74) is 3.18. The quantitative estimate of drug-likeness (QED) is 0.922. The highest BCUT2D eigenvalue weighted by Crippen LogP contribution is 2.24. The molecule has 3 amide bonds. The molecule has 1 aromatic carbocycles. The van der Waals surface area contributed by atoms with Crippen molar-refractivity contribution in [1.82, 2.24) is 20.1 Å². The third kappa shape index (κ3) is 4.02. The van der Waals surface area contributed by atoms with Crippen molar-refractivity contribution in [3.05, 3.63) is 65.5 Å². The Morgan fingerprint density at radius 1 is 1.00 bits per heavy atom. The molecule has 1 N–H and O–H groups in total. The van der Waals surface area contributed by atoms with Crippen LogP contribution in [0.5, 0.6) is 0 Å². The molecule has 3 rings (SSSR count). The summed E-state index contributed by atoms with van der Waals surface area (Å²) in [4.78, 5) is 31.9. The van der Waals surface area contributed by atoms with E-state index in [1.54, 1.807) is 29.1 Å². The highest BCUT2D eigenvalue weighted by atomic mass is 16.2. The molecule has 26 heavy (non-hydrogen) atoms. The van der Waals surface area contributed by atoms with E-state index in [2.05, 4.69) is 10.3 Å². The summed E-state index contributed by atoms with van der Waals surface area (Å²) >= 11 is 0. The molecule has 1 atom stereocenters. The lowest BCUT2D eigenvalue weighted by atomic mass is 9.96. The monoisotopic (exact) mass is 352 g/mol. The normalized spacial score (nSPS) is 15.5. The second kappa shape index (κ2) is 7.99. The first-order valence-corrected chi connectivity index (χ1v) is 8.82. The molecule has 1 aromatic heterocycles. The van der Waals surface area contributed by atoms with Crippen LogP contribution in [0.25, 0.3) is 0 Å². The van der Waals surface area contributed by atoms with Gasteiger partial charge in [-0.1, -0.05) is 24.3 Å². The second-order valence-corrected chi connectivity index (χ2v) is 6.51. The number of piperazine rings is 1. The largest absolute Gasteiger partial charge is 0.339 e. The summed E-state index contributed by atoms with van der Waals surface area (Å²) in [6.07, 6.45) is 3.47. The highest BCUT2D eigenvalue weighted by Gasteiger charge is 2.25. The van der Waals surface area contributed by atoms with E-state index >= 15 is 0 Å². The van der Waals surface area contributed by atoms with Crippen molar-refractivity contribution in [3.63, 3.8) is 0 Å². The fourth-order valence-corrected chi connectivity index (χ4v) is 3.25. The summed E-state index contributed by atoms with van der Waals surface area (Å²) in [6, 6.07) is 11.5. The lowest BCUT2D eigenvalue weighted by Crippen LogP contribution is -2.53. The molecular formula is C20H24N4O2. The minimum absolute atomic E-state index is 0.0552. The topological polar surface area (TPSA) is 65.5 Å². The molecule has 2 heterocycles. The van der Waals surface area contributed by atoms with Crippen molar-refractivity contribution >= 4 is 11.9 Å². The summed E-state index contributed by atoms with van der Waals surface area (Å²) in [6.45, 7) is 5.85. The van der Waals surface area contributed by atoms with Gasteiger partial charge in [0.15, 0.2) is 0 Å². The van der Waals surface area contributed by atoms with Gasteiger partial charge in [0.1, 0.15) is 0 Å². The number of nitrogens with one attached hydrogen (secondary N) is 1. The Hall–Kier alpha value is -2.89. The van der Waals surface area contributed by atoms with Gasteiger partial charge in [0.05, 0.1) is 6.04 Å². The van der Waals surface area contributed by atoms with Crippen molar-refractivity contribution in [1.29, 1.82) is 0 Å². The molecule has 1 saturated heterocycles. The lowest BCUT2D eigenvalue weighted by Gasteiger charge is -2.35. The van der Waals surface area contributed by atoms with E-state index < -0.39 is 0 Å². The Morgan fingerprint density at radius 3 is 2.23 bits per heavy atom. The van der Waals surface area contributed by atoms with Crippen LogP contribution in [-0.2, 0) is 4.79 Å². The Balaban J connectivity index is 1.78. The Labute approximate surface area is 153 Å². The first kappa shape index (κ1) is 17.9. The van der Waals surface area contributed by atoms with Gasteiger partial charge in [-0.3, -0.25) is 9.78 Å². The molecule has 1 aliphatic rings. The maximum atomic E-state index is 12.8.